The number of amides is 2. The first-order chi connectivity index (χ1) is 9.52. The van der Waals surface area contributed by atoms with Gasteiger partial charge in [-0.05, 0) is 30.9 Å². The van der Waals surface area contributed by atoms with Gasteiger partial charge in [-0.1, -0.05) is 6.92 Å². The van der Waals surface area contributed by atoms with Gasteiger partial charge < -0.3 is 10.5 Å². The standard InChI is InChI=1S/C15H18N2O3/c1-8-5-10-11(6-8)15(19)17(14(10)18)12-4-3-9(16)7-13(12)20-2/h3-4,7-8,10-11H,5-6,16H2,1-2H3. The van der Waals surface area contributed by atoms with E-state index in [2.05, 4.69) is 6.92 Å². The summed E-state index contributed by atoms with van der Waals surface area (Å²) in [5.41, 5.74) is 6.75. The van der Waals surface area contributed by atoms with Gasteiger partial charge in [0.25, 0.3) is 0 Å². The highest BCUT2D eigenvalue weighted by molar-refractivity contribution is 6.23. The lowest BCUT2D eigenvalue weighted by Gasteiger charge is -2.19. The maximum atomic E-state index is 12.5. The van der Waals surface area contributed by atoms with Gasteiger partial charge in [0.05, 0.1) is 24.6 Å². The second-order valence-electron chi connectivity index (χ2n) is 5.73. The van der Waals surface area contributed by atoms with Crippen molar-refractivity contribution in [3.8, 4) is 5.75 Å². The number of hydrogen-bond donors (Lipinski definition) is 1. The third-order valence-electron chi connectivity index (χ3n) is 4.32. The fourth-order valence-corrected chi connectivity index (χ4v) is 3.39. The highest BCUT2D eigenvalue weighted by atomic mass is 16.5. The molecule has 106 valence electrons. The molecule has 20 heavy (non-hydrogen) atoms. The minimum Gasteiger partial charge on any atom is -0.494 e. The average Bonchev–Trinajstić information content (AvgIpc) is 2.90. The fourth-order valence-electron chi connectivity index (χ4n) is 3.39. The van der Waals surface area contributed by atoms with Crippen LogP contribution in [0.1, 0.15) is 19.8 Å². The van der Waals surface area contributed by atoms with Gasteiger partial charge in [-0.25, -0.2) is 4.90 Å². The van der Waals surface area contributed by atoms with Crippen molar-refractivity contribution in [3.63, 3.8) is 0 Å². The Hall–Kier alpha value is -2.04. The summed E-state index contributed by atoms with van der Waals surface area (Å²) in [6.07, 6.45) is 1.59. The van der Waals surface area contributed by atoms with Crippen LogP contribution in [0.5, 0.6) is 5.75 Å². The predicted molar refractivity (Wildman–Crippen MR) is 75.3 cm³/mol. The lowest BCUT2D eigenvalue weighted by Crippen LogP contribution is -2.32. The van der Waals surface area contributed by atoms with Crippen molar-refractivity contribution in [2.24, 2.45) is 17.8 Å². The first-order valence-electron chi connectivity index (χ1n) is 6.84. The summed E-state index contributed by atoms with van der Waals surface area (Å²) in [4.78, 5) is 26.3. The average molecular weight is 274 g/mol. The molecule has 2 fully saturated rings. The van der Waals surface area contributed by atoms with Gasteiger partial charge >= 0.3 is 0 Å². The Morgan fingerprint density at radius 2 is 1.80 bits per heavy atom. The van der Waals surface area contributed by atoms with Crippen molar-refractivity contribution in [3.05, 3.63) is 18.2 Å². The molecule has 2 unspecified atom stereocenters. The summed E-state index contributed by atoms with van der Waals surface area (Å²) >= 11 is 0. The zero-order valence-corrected chi connectivity index (χ0v) is 11.6. The number of anilines is 2. The van der Waals surface area contributed by atoms with E-state index in [0.29, 0.717) is 23.0 Å². The number of hydrogen-bond acceptors (Lipinski definition) is 4. The normalized spacial score (nSPS) is 28.9. The number of benzene rings is 1. The number of rotatable bonds is 2. The molecule has 2 amide bonds. The highest BCUT2D eigenvalue weighted by Gasteiger charge is 2.52. The SMILES string of the molecule is COc1cc(N)ccc1N1C(=O)C2CC(C)CC2C1=O. The molecule has 2 atom stereocenters. The molecule has 2 aliphatic rings. The molecule has 1 heterocycles. The van der Waals surface area contributed by atoms with Crippen LogP contribution in [0.25, 0.3) is 0 Å². The van der Waals surface area contributed by atoms with Gasteiger partial charge in [0, 0.05) is 11.8 Å². The van der Waals surface area contributed by atoms with Crippen LogP contribution in [0.2, 0.25) is 0 Å². The molecule has 1 aliphatic heterocycles. The molecule has 1 saturated heterocycles. The molecule has 1 aromatic rings. The highest BCUT2D eigenvalue weighted by Crippen LogP contribution is 2.46. The molecule has 0 bridgehead atoms. The van der Waals surface area contributed by atoms with E-state index in [4.69, 9.17) is 10.5 Å². The molecule has 3 rings (SSSR count). The zero-order chi connectivity index (χ0) is 14.4. The van der Waals surface area contributed by atoms with Gasteiger partial charge in [0.15, 0.2) is 0 Å². The number of fused-ring (bicyclic) bond motifs is 1. The molecule has 1 aliphatic carbocycles. The molecule has 0 radical (unpaired) electrons. The van der Waals surface area contributed by atoms with Crippen molar-refractivity contribution in [2.45, 2.75) is 19.8 Å². The first-order valence-corrected chi connectivity index (χ1v) is 6.84. The van der Waals surface area contributed by atoms with E-state index < -0.39 is 0 Å². The van der Waals surface area contributed by atoms with Gasteiger partial charge in [-0.15, -0.1) is 0 Å². The van der Waals surface area contributed by atoms with Crippen LogP contribution in [-0.4, -0.2) is 18.9 Å². The molecule has 5 heteroatoms. The summed E-state index contributed by atoms with van der Waals surface area (Å²) < 4.78 is 5.25. The second-order valence-corrected chi connectivity index (χ2v) is 5.73. The summed E-state index contributed by atoms with van der Waals surface area (Å²) in [5.74, 6) is 0.354. The van der Waals surface area contributed by atoms with E-state index >= 15 is 0 Å². The van der Waals surface area contributed by atoms with Crippen molar-refractivity contribution in [2.75, 3.05) is 17.7 Å². The van der Waals surface area contributed by atoms with Crippen molar-refractivity contribution in [1.82, 2.24) is 0 Å². The third kappa shape index (κ3) is 1.77. The van der Waals surface area contributed by atoms with Gasteiger partial charge in [-0.2, -0.15) is 0 Å². The Morgan fingerprint density at radius 3 is 2.35 bits per heavy atom. The number of nitrogen functional groups attached to an aromatic ring is 1. The summed E-state index contributed by atoms with van der Waals surface area (Å²) in [7, 11) is 1.51. The maximum absolute atomic E-state index is 12.5. The summed E-state index contributed by atoms with van der Waals surface area (Å²) in [6, 6.07) is 4.98. The number of imide groups is 1. The van der Waals surface area contributed by atoms with Crippen LogP contribution in [-0.2, 0) is 9.59 Å². The van der Waals surface area contributed by atoms with Crippen LogP contribution in [0.3, 0.4) is 0 Å². The number of methoxy groups -OCH3 is 1. The number of ether oxygens (including phenoxy) is 1. The van der Waals surface area contributed by atoms with Gasteiger partial charge in [0.2, 0.25) is 11.8 Å². The summed E-state index contributed by atoms with van der Waals surface area (Å²) in [5, 5.41) is 0. The second kappa shape index (κ2) is 4.51. The van der Waals surface area contributed by atoms with Crippen molar-refractivity contribution < 1.29 is 14.3 Å². The van der Waals surface area contributed by atoms with Crippen LogP contribution in [0, 0.1) is 17.8 Å². The fraction of sp³-hybridized carbons (Fsp3) is 0.467. The maximum Gasteiger partial charge on any atom is 0.237 e. The minimum atomic E-state index is -0.167. The zero-order valence-electron chi connectivity index (χ0n) is 11.6. The molecule has 0 aromatic heterocycles. The van der Waals surface area contributed by atoms with Crippen molar-refractivity contribution in [1.29, 1.82) is 0 Å². The van der Waals surface area contributed by atoms with Crippen LogP contribution in [0.4, 0.5) is 11.4 Å². The number of carbonyl (C=O) groups is 2. The molecular formula is C15H18N2O3. The lowest BCUT2D eigenvalue weighted by molar-refractivity contribution is -0.123. The topological polar surface area (TPSA) is 72.6 Å². The van der Waals surface area contributed by atoms with E-state index in [-0.39, 0.29) is 23.7 Å². The van der Waals surface area contributed by atoms with Crippen LogP contribution < -0.4 is 15.4 Å². The molecule has 5 nitrogen and oxygen atoms in total. The Bertz CT molecular complexity index is 560. The number of carbonyl (C=O) groups excluding carboxylic acids is 2. The molecular weight excluding hydrogens is 256 g/mol. The van der Waals surface area contributed by atoms with E-state index in [0.717, 1.165) is 12.8 Å². The Labute approximate surface area is 117 Å². The first kappa shape index (κ1) is 13.0. The largest absolute Gasteiger partial charge is 0.494 e. The Kier molecular flexibility index (Phi) is 2.92. The van der Waals surface area contributed by atoms with Crippen molar-refractivity contribution >= 4 is 23.2 Å². The Balaban J connectivity index is 2.00. The van der Waals surface area contributed by atoms with E-state index in [1.165, 1.54) is 12.0 Å². The molecule has 1 saturated carbocycles. The quantitative estimate of drug-likeness (QED) is 0.659. The molecule has 2 N–H and O–H groups in total. The van der Waals surface area contributed by atoms with E-state index in [1.807, 2.05) is 0 Å². The molecule has 0 spiro atoms. The van der Waals surface area contributed by atoms with Gasteiger partial charge in [0.1, 0.15) is 5.75 Å². The van der Waals surface area contributed by atoms with Crippen LogP contribution >= 0.6 is 0 Å². The monoisotopic (exact) mass is 274 g/mol. The number of nitrogens with two attached hydrogens (primary N) is 1. The smallest absolute Gasteiger partial charge is 0.237 e. The van der Waals surface area contributed by atoms with E-state index in [1.54, 1.807) is 18.2 Å². The molecule has 1 aromatic carbocycles. The lowest BCUT2D eigenvalue weighted by atomic mass is 10.00. The van der Waals surface area contributed by atoms with Crippen LogP contribution in [0.15, 0.2) is 18.2 Å². The summed E-state index contributed by atoms with van der Waals surface area (Å²) in [6.45, 7) is 2.09. The predicted octanol–water partition coefficient (Wildman–Crippen LogP) is 1.81. The Morgan fingerprint density at radius 1 is 1.20 bits per heavy atom. The number of nitrogens with zero attached hydrogens (tertiary/aromatic N) is 1. The minimum absolute atomic E-state index is 0.104. The third-order valence-corrected chi connectivity index (χ3v) is 4.32. The van der Waals surface area contributed by atoms with Gasteiger partial charge in [-0.3, -0.25) is 9.59 Å². The van der Waals surface area contributed by atoms with E-state index in [9.17, 15) is 9.59 Å².